The van der Waals surface area contributed by atoms with Crippen LogP contribution < -0.4 is 0 Å². The summed E-state index contributed by atoms with van der Waals surface area (Å²) in [5, 5.41) is 10.3. The van der Waals surface area contributed by atoms with Crippen molar-refractivity contribution in [1.29, 1.82) is 0 Å². The van der Waals surface area contributed by atoms with Crippen molar-refractivity contribution in [3.05, 3.63) is 45.4 Å². The summed E-state index contributed by atoms with van der Waals surface area (Å²) >= 11 is 7.71. The molecule has 8 heteroatoms. The standard InChI is InChI=1S/C9H4ClFN2O2S2/c10-7-8(13(14)15)17-9(12-7)16-6-3-1-5(11)2-4-6/h1-4H. The molecule has 0 amide bonds. The fraction of sp³-hybridized carbons (Fsp3) is 0. The summed E-state index contributed by atoms with van der Waals surface area (Å²) in [6.07, 6.45) is 0. The molecule has 0 spiro atoms. The van der Waals surface area contributed by atoms with Gasteiger partial charge in [0, 0.05) is 4.90 Å². The number of hydrogen-bond donors (Lipinski definition) is 0. The molecule has 4 nitrogen and oxygen atoms in total. The van der Waals surface area contributed by atoms with Crippen LogP contribution in [0.5, 0.6) is 0 Å². The highest BCUT2D eigenvalue weighted by atomic mass is 35.5. The largest absolute Gasteiger partial charge is 0.363 e. The monoisotopic (exact) mass is 290 g/mol. The van der Waals surface area contributed by atoms with Gasteiger partial charge >= 0.3 is 5.00 Å². The summed E-state index contributed by atoms with van der Waals surface area (Å²) in [4.78, 5) is 14.6. The number of nitro groups is 1. The molecule has 1 heterocycles. The first kappa shape index (κ1) is 12.3. The topological polar surface area (TPSA) is 56.0 Å². The molecule has 0 fully saturated rings. The van der Waals surface area contributed by atoms with Crippen molar-refractivity contribution in [2.75, 3.05) is 0 Å². The minimum atomic E-state index is -0.575. The van der Waals surface area contributed by atoms with E-state index in [1.165, 1.54) is 23.9 Å². The van der Waals surface area contributed by atoms with E-state index >= 15 is 0 Å². The second-order valence-electron chi connectivity index (χ2n) is 2.89. The summed E-state index contributed by atoms with van der Waals surface area (Å²) in [5.41, 5.74) is 0. The zero-order chi connectivity index (χ0) is 12.4. The molecular weight excluding hydrogens is 287 g/mol. The van der Waals surface area contributed by atoms with Crippen LogP contribution in [0.25, 0.3) is 0 Å². The molecular formula is C9H4ClFN2O2S2. The van der Waals surface area contributed by atoms with Crippen molar-refractivity contribution >= 4 is 39.7 Å². The van der Waals surface area contributed by atoms with E-state index in [1.807, 2.05) is 0 Å². The number of nitrogens with zero attached hydrogens (tertiary/aromatic N) is 2. The van der Waals surface area contributed by atoms with Crippen LogP contribution in [-0.4, -0.2) is 9.91 Å². The van der Waals surface area contributed by atoms with Crippen molar-refractivity contribution < 1.29 is 9.31 Å². The number of aromatic nitrogens is 1. The molecule has 17 heavy (non-hydrogen) atoms. The number of rotatable bonds is 3. The highest BCUT2D eigenvalue weighted by Crippen LogP contribution is 2.38. The third kappa shape index (κ3) is 2.93. The molecule has 0 bridgehead atoms. The minimum absolute atomic E-state index is 0.121. The summed E-state index contributed by atoms with van der Waals surface area (Å²) in [6, 6.07) is 5.76. The first-order chi connectivity index (χ1) is 8.06. The lowest BCUT2D eigenvalue weighted by molar-refractivity contribution is -0.380. The molecule has 0 N–H and O–H groups in total. The molecule has 0 atom stereocenters. The average molecular weight is 291 g/mol. The Morgan fingerprint density at radius 3 is 2.59 bits per heavy atom. The molecule has 0 aliphatic rings. The van der Waals surface area contributed by atoms with Gasteiger partial charge in [-0.3, -0.25) is 10.1 Å². The summed E-state index contributed by atoms with van der Waals surface area (Å²) in [7, 11) is 0. The first-order valence-corrected chi connectivity index (χ1v) is 6.31. The predicted molar refractivity (Wildman–Crippen MR) is 64.3 cm³/mol. The summed E-state index contributed by atoms with van der Waals surface area (Å²) in [5.74, 6) is -0.336. The van der Waals surface area contributed by atoms with Gasteiger partial charge in [-0.05, 0) is 35.6 Å². The molecule has 2 aromatic rings. The molecule has 0 radical (unpaired) electrons. The Kier molecular flexibility index (Phi) is 3.60. The van der Waals surface area contributed by atoms with E-state index in [9.17, 15) is 14.5 Å². The Morgan fingerprint density at radius 2 is 2.06 bits per heavy atom. The van der Waals surface area contributed by atoms with E-state index in [0.717, 1.165) is 16.2 Å². The maximum absolute atomic E-state index is 12.7. The van der Waals surface area contributed by atoms with Gasteiger partial charge in [0.15, 0.2) is 4.34 Å². The zero-order valence-electron chi connectivity index (χ0n) is 8.09. The molecule has 0 saturated carbocycles. The maximum atomic E-state index is 12.7. The van der Waals surface area contributed by atoms with Crippen LogP contribution in [0.15, 0.2) is 33.5 Å². The summed E-state index contributed by atoms with van der Waals surface area (Å²) in [6.45, 7) is 0. The Hall–Kier alpha value is -1.18. The van der Waals surface area contributed by atoms with Crippen LogP contribution in [0.3, 0.4) is 0 Å². The number of thiazole rings is 1. The fourth-order valence-electron chi connectivity index (χ4n) is 1.04. The second-order valence-corrected chi connectivity index (χ2v) is 5.55. The molecule has 0 saturated heterocycles. The van der Waals surface area contributed by atoms with Gasteiger partial charge in [0.25, 0.3) is 0 Å². The van der Waals surface area contributed by atoms with Gasteiger partial charge in [-0.1, -0.05) is 23.4 Å². The van der Waals surface area contributed by atoms with E-state index in [1.54, 1.807) is 12.1 Å². The van der Waals surface area contributed by atoms with Gasteiger partial charge in [0.2, 0.25) is 5.15 Å². The Bertz CT molecular complexity index is 559. The van der Waals surface area contributed by atoms with Crippen molar-refractivity contribution in [2.45, 2.75) is 9.24 Å². The van der Waals surface area contributed by atoms with Gasteiger partial charge in [-0.2, -0.15) is 0 Å². The van der Waals surface area contributed by atoms with E-state index in [4.69, 9.17) is 11.6 Å². The highest BCUT2D eigenvalue weighted by molar-refractivity contribution is 8.01. The van der Waals surface area contributed by atoms with Gasteiger partial charge in [-0.25, -0.2) is 9.37 Å². The zero-order valence-corrected chi connectivity index (χ0v) is 10.5. The van der Waals surface area contributed by atoms with Gasteiger partial charge < -0.3 is 0 Å². The molecule has 0 aliphatic heterocycles. The van der Waals surface area contributed by atoms with Gasteiger partial charge in [0.1, 0.15) is 5.82 Å². The fourth-order valence-corrected chi connectivity index (χ4v) is 3.21. The number of hydrogen-bond acceptors (Lipinski definition) is 5. The van der Waals surface area contributed by atoms with Crippen molar-refractivity contribution in [3.63, 3.8) is 0 Å². The van der Waals surface area contributed by atoms with Crippen LogP contribution >= 0.6 is 34.7 Å². The molecule has 0 unspecified atom stereocenters. The van der Waals surface area contributed by atoms with Crippen LogP contribution in [0.4, 0.5) is 9.39 Å². The molecule has 88 valence electrons. The highest BCUT2D eigenvalue weighted by Gasteiger charge is 2.19. The number of halogens is 2. The molecule has 2 rings (SSSR count). The molecule has 0 aliphatic carbocycles. The van der Waals surface area contributed by atoms with Crippen LogP contribution in [0.2, 0.25) is 5.15 Å². The SMILES string of the molecule is O=[N+]([O-])c1sc(Sc2ccc(F)cc2)nc1Cl. The molecule has 1 aromatic carbocycles. The smallest absolute Gasteiger partial charge is 0.257 e. The van der Waals surface area contributed by atoms with E-state index in [0.29, 0.717) is 4.34 Å². The molecule has 1 aromatic heterocycles. The second kappa shape index (κ2) is 4.99. The lowest BCUT2D eigenvalue weighted by atomic mass is 10.4. The third-order valence-corrected chi connectivity index (χ3v) is 4.19. The van der Waals surface area contributed by atoms with E-state index in [2.05, 4.69) is 4.98 Å². The minimum Gasteiger partial charge on any atom is -0.257 e. The average Bonchev–Trinajstić information content (AvgIpc) is 2.63. The number of benzene rings is 1. The van der Waals surface area contributed by atoms with E-state index < -0.39 is 4.92 Å². The van der Waals surface area contributed by atoms with Gasteiger partial charge in [0.05, 0.1) is 4.92 Å². The van der Waals surface area contributed by atoms with Crippen molar-refractivity contribution in [1.82, 2.24) is 4.98 Å². The van der Waals surface area contributed by atoms with Crippen molar-refractivity contribution in [2.24, 2.45) is 0 Å². The Labute approximate surface area is 109 Å². The quantitative estimate of drug-likeness (QED) is 0.633. The maximum Gasteiger partial charge on any atom is 0.363 e. The van der Waals surface area contributed by atoms with Crippen LogP contribution in [0.1, 0.15) is 0 Å². The van der Waals surface area contributed by atoms with Crippen LogP contribution in [-0.2, 0) is 0 Å². The lowest BCUT2D eigenvalue weighted by Gasteiger charge is -1.95. The van der Waals surface area contributed by atoms with Gasteiger partial charge in [-0.15, -0.1) is 0 Å². The van der Waals surface area contributed by atoms with Crippen molar-refractivity contribution in [3.8, 4) is 0 Å². The predicted octanol–water partition coefficient (Wildman–Crippen LogP) is 4.00. The third-order valence-electron chi connectivity index (χ3n) is 1.73. The summed E-state index contributed by atoms with van der Waals surface area (Å²) < 4.78 is 13.1. The Morgan fingerprint density at radius 1 is 1.41 bits per heavy atom. The Balaban J connectivity index is 2.22. The lowest BCUT2D eigenvalue weighted by Crippen LogP contribution is -1.82. The first-order valence-electron chi connectivity index (χ1n) is 4.30. The normalized spacial score (nSPS) is 10.5. The van der Waals surface area contributed by atoms with Crippen LogP contribution in [0, 0.1) is 15.9 Å². The van der Waals surface area contributed by atoms with E-state index in [-0.39, 0.29) is 16.0 Å².